The van der Waals surface area contributed by atoms with Gasteiger partial charge in [0.15, 0.2) is 11.5 Å². The van der Waals surface area contributed by atoms with Crippen molar-refractivity contribution in [3.8, 4) is 11.5 Å². The molecule has 0 bridgehead atoms. The molecule has 0 atom stereocenters. The Balaban J connectivity index is 1.83. The van der Waals surface area contributed by atoms with E-state index in [4.69, 9.17) is 4.74 Å². The fraction of sp³-hybridized carbons (Fsp3) is 0.0909. The average molecular weight is 531 g/mol. The van der Waals surface area contributed by atoms with E-state index in [0.717, 1.165) is 9.64 Å². The first-order valence-electron chi connectivity index (χ1n) is 9.22. The highest BCUT2D eigenvalue weighted by Crippen LogP contribution is 2.34. The van der Waals surface area contributed by atoms with Gasteiger partial charge < -0.3 is 15.2 Å². The number of carbonyl (C=O) groups is 1. The highest BCUT2D eigenvalue weighted by atomic mass is 127. The smallest absolute Gasteiger partial charge is 0.274 e. The molecule has 0 heterocycles. The number of nitro groups is 1. The van der Waals surface area contributed by atoms with Crippen molar-refractivity contribution in [2.75, 3.05) is 11.9 Å². The van der Waals surface area contributed by atoms with Gasteiger partial charge in [-0.2, -0.15) is 0 Å². The summed E-state index contributed by atoms with van der Waals surface area (Å²) in [5, 5.41) is 24.3. The molecule has 0 aliphatic heterocycles. The molecule has 0 aliphatic rings. The second-order valence-electron chi connectivity index (χ2n) is 6.34. The summed E-state index contributed by atoms with van der Waals surface area (Å²) in [6, 6.07) is 16.3. The highest BCUT2D eigenvalue weighted by Gasteiger charge is 2.16. The Hall–Kier alpha value is -3.47. The van der Waals surface area contributed by atoms with Crippen molar-refractivity contribution in [2.24, 2.45) is 4.99 Å². The second kappa shape index (κ2) is 10.0. The van der Waals surface area contributed by atoms with Crippen LogP contribution in [0.15, 0.2) is 65.7 Å². The Labute approximate surface area is 191 Å². The van der Waals surface area contributed by atoms with Crippen LogP contribution < -0.4 is 10.1 Å². The number of nitrogens with one attached hydrogen (secondary N) is 1. The van der Waals surface area contributed by atoms with Crippen molar-refractivity contribution >= 4 is 51.8 Å². The van der Waals surface area contributed by atoms with E-state index in [2.05, 4.69) is 32.9 Å². The number of benzene rings is 3. The van der Waals surface area contributed by atoms with Crippen LogP contribution in [0.2, 0.25) is 0 Å². The molecule has 0 saturated heterocycles. The van der Waals surface area contributed by atoms with Crippen LogP contribution in [0, 0.1) is 13.7 Å². The number of carbonyl (C=O) groups excluding carboxylic acids is 1. The number of hydrogen-bond acceptors (Lipinski definition) is 6. The normalized spacial score (nSPS) is 10.8. The number of aromatic hydroxyl groups is 1. The number of non-ortho nitro benzene ring substituents is 1. The van der Waals surface area contributed by atoms with Crippen LogP contribution in [0.1, 0.15) is 22.8 Å². The van der Waals surface area contributed by atoms with Gasteiger partial charge in [-0.15, -0.1) is 0 Å². The molecule has 0 radical (unpaired) electrons. The molecule has 0 spiro atoms. The largest absolute Gasteiger partial charge is 0.504 e. The Morgan fingerprint density at radius 1 is 1.23 bits per heavy atom. The lowest BCUT2D eigenvalue weighted by molar-refractivity contribution is -0.385. The van der Waals surface area contributed by atoms with E-state index in [-0.39, 0.29) is 35.3 Å². The molecular weight excluding hydrogens is 513 g/mol. The Kier molecular flexibility index (Phi) is 7.19. The zero-order valence-electron chi connectivity index (χ0n) is 16.4. The number of phenolic OH excluding ortho intramolecular Hbond substituents is 1. The molecule has 3 aromatic rings. The third-order valence-corrected chi connectivity index (χ3v) is 4.88. The number of halogens is 1. The molecular formula is C22H18IN3O5. The molecule has 31 heavy (non-hydrogen) atoms. The number of rotatable bonds is 7. The quantitative estimate of drug-likeness (QED) is 0.186. The summed E-state index contributed by atoms with van der Waals surface area (Å²) >= 11 is 2.17. The maximum Gasteiger partial charge on any atom is 0.274 e. The topological polar surface area (TPSA) is 114 Å². The number of ether oxygens (including phenoxy) is 1. The first-order valence-corrected chi connectivity index (χ1v) is 10.3. The van der Waals surface area contributed by atoms with E-state index >= 15 is 0 Å². The van der Waals surface area contributed by atoms with Crippen molar-refractivity contribution in [2.45, 2.75) is 6.92 Å². The molecule has 0 fully saturated rings. The van der Waals surface area contributed by atoms with Crippen molar-refractivity contribution in [1.82, 2.24) is 0 Å². The van der Waals surface area contributed by atoms with Crippen LogP contribution in [0.3, 0.4) is 0 Å². The number of nitrogens with zero attached hydrogens (tertiary/aromatic N) is 2. The van der Waals surface area contributed by atoms with Crippen LogP contribution in [0.4, 0.5) is 17.1 Å². The molecule has 0 aliphatic carbocycles. The maximum atomic E-state index is 12.4. The van der Waals surface area contributed by atoms with E-state index in [1.54, 1.807) is 43.3 Å². The van der Waals surface area contributed by atoms with Gasteiger partial charge in [-0.25, -0.2) is 0 Å². The predicted molar refractivity (Wildman–Crippen MR) is 127 cm³/mol. The molecule has 2 N–H and O–H groups in total. The van der Waals surface area contributed by atoms with Crippen LogP contribution in [0.5, 0.6) is 11.5 Å². The molecule has 9 heteroatoms. The minimum Gasteiger partial charge on any atom is -0.504 e. The van der Waals surface area contributed by atoms with Gasteiger partial charge in [-0.05, 0) is 72.0 Å². The molecule has 3 rings (SSSR count). The van der Waals surface area contributed by atoms with Gasteiger partial charge in [0.25, 0.3) is 11.6 Å². The SMILES string of the molecule is CCOc1cc([N+](=O)[O-])cc(C=Nc2cccc(NC(=O)c3ccc(I)cc3)c2)c1O. The average Bonchev–Trinajstić information content (AvgIpc) is 2.75. The first-order chi connectivity index (χ1) is 14.9. The standard InChI is InChI=1S/C22H18IN3O5/c1-2-31-20-12-19(26(29)30)10-15(21(20)27)13-24-17-4-3-5-18(11-17)25-22(28)14-6-8-16(23)9-7-14/h3-13,27H,2H2,1H3,(H,25,28). The highest BCUT2D eigenvalue weighted by molar-refractivity contribution is 14.1. The van der Waals surface area contributed by atoms with Gasteiger partial charge in [0.2, 0.25) is 0 Å². The summed E-state index contributed by atoms with van der Waals surface area (Å²) in [6.45, 7) is 1.95. The van der Waals surface area contributed by atoms with Crippen molar-refractivity contribution in [3.63, 3.8) is 0 Å². The van der Waals surface area contributed by atoms with E-state index < -0.39 is 4.92 Å². The first kappa shape index (κ1) is 22.2. The summed E-state index contributed by atoms with van der Waals surface area (Å²) in [7, 11) is 0. The van der Waals surface area contributed by atoms with E-state index in [0.29, 0.717) is 16.9 Å². The zero-order chi connectivity index (χ0) is 22.4. The summed E-state index contributed by atoms with van der Waals surface area (Å²) in [5.74, 6) is -0.480. The summed E-state index contributed by atoms with van der Waals surface area (Å²) < 4.78 is 6.30. The second-order valence-corrected chi connectivity index (χ2v) is 7.59. The molecule has 3 aromatic carbocycles. The Bertz CT molecular complexity index is 1150. The maximum absolute atomic E-state index is 12.4. The van der Waals surface area contributed by atoms with Gasteiger partial charge in [0.05, 0.1) is 23.3 Å². The molecule has 0 saturated carbocycles. The Morgan fingerprint density at radius 3 is 2.65 bits per heavy atom. The van der Waals surface area contributed by atoms with E-state index in [9.17, 15) is 20.0 Å². The minimum absolute atomic E-state index is 0.0108. The number of anilines is 1. The lowest BCUT2D eigenvalue weighted by atomic mass is 10.1. The van der Waals surface area contributed by atoms with Gasteiger partial charge in [-0.1, -0.05) is 6.07 Å². The van der Waals surface area contributed by atoms with Crippen LogP contribution >= 0.6 is 22.6 Å². The van der Waals surface area contributed by atoms with Gasteiger partial charge in [-0.3, -0.25) is 19.9 Å². The molecule has 158 valence electrons. The number of aliphatic imine (C=N–C) groups is 1. The van der Waals surface area contributed by atoms with Gasteiger partial charge >= 0.3 is 0 Å². The van der Waals surface area contributed by atoms with E-state index in [1.165, 1.54) is 12.3 Å². The van der Waals surface area contributed by atoms with Crippen LogP contribution in [-0.2, 0) is 0 Å². The number of phenols is 1. The van der Waals surface area contributed by atoms with Gasteiger partial charge in [0, 0.05) is 32.7 Å². The summed E-state index contributed by atoms with van der Waals surface area (Å²) in [5.41, 5.74) is 1.48. The minimum atomic E-state index is -0.569. The molecule has 0 aromatic heterocycles. The summed E-state index contributed by atoms with van der Waals surface area (Å²) in [6.07, 6.45) is 1.31. The molecule has 8 nitrogen and oxygen atoms in total. The number of nitro benzene ring substituents is 1. The van der Waals surface area contributed by atoms with Crippen LogP contribution in [-0.4, -0.2) is 28.8 Å². The predicted octanol–water partition coefficient (Wildman–Crippen LogP) is 5.31. The molecule has 0 unspecified atom stereocenters. The lowest BCUT2D eigenvalue weighted by Gasteiger charge is -2.08. The third kappa shape index (κ3) is 5.79. The number of hydrogen-bond donors (Lipinski definition) is 2. The van der Waals surface area contributed by atoms with E-state index in [1.807, 2.05) is 12.1 Å². The third-order valence-electron chi connectivity index (χ3n) is 4.16. The number of amides is 1. The zero-order valence-corrected chi connectivity index (χ0v) is 18.6. The fourth-order valence-corrected chi connectivity index (χ4v) is 3.06. The molecule has 1 amide bonds. The van der Waals surface area contributed by atoms with Crippen molar-refractivity contribution < 1.29 is 19.6 Å². The fourth-order valence-electron chi connectivity index (χ4n) is 2.70. The van der Waals surface area contributed by atoms with Crippen molar-refractivity contribution in [3.05, 3.63) is 85.5 Å². The van der Waals surface area contributed by atoms with Crippen molar-refractivity contribution in [1.29, 1.82) is 0 Å². The van der Waals surface area contributed by atoms with Gasteiger partial charge in [0.1, 0.15) is 0 Å². The Morgan fingerprint density at radius 2 is 1.97 bits per heavy atom. The summed E-state index contributed by atoms with van der Waals surface area (Å²) in [4.78, 5) is 27.3. The monoisotopic (exact) mass is 531 g/mol. The lowest BCUT2D eigenvalue weighted by Crippen LogP contribution is -2.11. The van der Waals surface area contributed by atoms with Crippen LogP contribution in [0.25, 0.3) is 0 Å².